The number of aliphatic hydroxyl groups excluding tert-OH is 1. The monoisotopic (exact) mass is 1560 g/mol. The number of aromatic nitrogens is 12. The second-order valence-electron chi connectivity index (χ2n) is 27.3. The van der Waals surface area contributed by atoms with Gasteiger partial charge in [-0.3, -0.25) is 14.4 Å². The van der Waals surface area contributed by atoms with Gasteiger partial charge in [0.1, 0.15) is 75.4 Å². The van der Waals surface area contributed by atoms with Crippen molar-refractivity contribution >= 4 is 107 Å². The van der Waals surface area contributed by atoms with Crippen molar-refractivity contribution in [2.45, 2.75) is 71.5 Å². The summed E-state index contributed by atoms with van der Waals surface area (Å²) in [6, 6.07) is 33.1. The van der Waals surface area contributed by atoms with E-state index in [-0.39, 0.29) is 55.0 Å². The topological polar surface area (TPSA) is 408 Å². The minimum absolute atomic E-state index is 0.0378. The van der Waals surface area contributed by atoms with E-state index in [9.17, 15) is 19.5 Å². The van der Waals surface area contributed by atoms with Gasteiger partial charge in [0, 0.05) is 124 Å². The summed E-state index contributed by atoms with van der Waals surface area (Å²) in [5.74, 6) is 5.38. The number of H-pyrrole nitrogens is 3. The van der Waals surface area contributed by atoms with Gasteiger partial charge in [-0.2, -0.15) is 24.9 Å². The van der Waals surface area contributed by atoms with E-state index >= 15 is 0 Å². The number of methoxy groups -OCH3 is 3. The van der Waals surface area contributed by atoms with Gasteiger partial charge in [0.05, 0.1) is 81.9 Å². The molecule has 15 aromatic rings. The molecule has 6 aromatic carbocycles. The summed E-state index contributed by atoms with van der Waals surface area (Å²) in [6.07, 6.45) is 8.21. The number of carbonyl (C=O) groups is 3. The lowest BCUT2D eigenvalue weighted by molar-refractivity contribution is 0.0244. The molecule has 115 heavy (non-hydrogen) atoms. The largest absolute Gasteiger partial charge is 0.496 e. The Morgan fingerprint density at radius 3 is 1.43 bits per heavy atom. The van der Waals surface area contributed by atoms with E-state index in [1.54, 1.807) is 90.8 Å². The summed E-state index contributed by atoms with van der Waals surface area (Å²) in [5, 5.41) is 25.8. The van der Waals surface area contributed by atoms with Crippen molar-refractivity contribution in [1.29, 1.82) is 0 Å². The molecular weight excluding hydrogens is 1480 g/mol. The predicted molar refractivity (Wildman–Crippen MR) is 430 cm³/mol. The highest BCUT2D eigenvalue weighted by atomic mass is 16.6. The Bertz CT molecular complexity index is 6110. The Kier molecular flexibility index (Phi) is 22.5. The molecule has 0 radical (unpaired) electrons. The van der Waals surface area contributed by atoms with Crippen molar-refractivity contribution < 1.29 is 70.6 Å². The molecule has 32 heteroatoms. The number of hydrogen-bond donors (Lipinski definition) is 9. The SMILES string of the molecule is CNC(=O)c1ccc(Cc2nc(O[C@H]3CCOC3)c3c(-c4ccc5nc(C)oc5c4)c[nH]c3n2)c(OC)c1.CNC(=O)c1ccc(Nc2nc(OC3CCOCC3)c3c(-c4ccc5nc(C(C)C)oc5c4)c[nH]c3n2)c(OC)c1.CNC(=O)c1ccc(Nc2nc(OCCO)c3c(-c4ccc5nc(C)oc5c4)c[nH]c3n2)c(OC)c1. The number of amides is 3. The fourth-order valence-electron chi connectivity index (χ4n) is 13.6. The second-order valence-corrected chi connectivity index (χ2v) is 27.3. The van der Waals surface area contributed by atoms with Crippen molar-refractivity contribution in [1.82, 2.24) is 75.8 Å². The molecular formula is C83H83N17O15. The summed E-state index contributed by atoms with van der Waals surface area (Å²) in [5.41, 5.74) is 15.1. The number of nitrogens with zero attached hydrogens (tertiary/aromatic N) is 9. The number of hydrogen-bond acceptors (Lipinski definition) is 26. The van der Waals surface area contributed by atoms with E-state index < -0.39 is 0 Å². The number of ether oxygens (including phenoxy) is 8. The van der Waals surface area contributed by atoms with Gasteiger partial charge in [-0.15, -0.1) is 0 Å². The highest BCUT2D eigenvalue weighted by Gasteiger charge is 2.28. The molecule has 590 valence electrons. The highest BCUT2D eigenvalue weighted by Crippen LogP contribution is 2.42. The Hall–Kier alpha value is -13.7. The van der Waals surface area contributed by atoms with Crippen LogP contribution in [-0.4, -0.2) is 177 Å². The summed E-state index contributed by atoms with van der Waals surface area (Å²) < 4.78 is 63.8. The van der Waals surface area contributed by atoms with E-state index in [1.165, 1.54) is 7.11 Å². The minimum atomic E-state index is -0.227. The molecule has 11 heterocycles. The van der Waals surface area contributed by atoms with Gasteiger partial charge in [0.15, 0.2) is 34.4 Å². The Balaban J connectivity index is 0.000000136. The van der Waals surface area contributed by atoms with Gasteiger partial charge >= 0.3 is 0 Å². The van der Waals surface area contributed by atoms with Gasteiger partial charge in [0.2, 0.25) is 29.5 Å². The Morgan fingerprint density at radius 2 is 0.939 bits per heavy atom. The van der Waals surface area contributed by atoms with Crippen LogP contribution >= 0.6 is 0 Å². The number of oxazole rings is 3. The van der Waals surface area contributed by atoms with E-state index in [0.29, 0.717) is 159 Å². The molecule has 2 aliphatic rings. The predicted octanol–water partition coefficient (Wildman–Crippen LogP) is 13.3. The average molecular weight is 1560 g/mol. The summed E-state index contributed by atoms with van der Waals surface area (Å²) in [4.78, 5) is 87.7. The number of benzene rings is 6. The Morgan fingerprint density at radius 1 is 0.496 bits per heavy atom. The first kappa shape index (κ1) is 76.6. The standard InChI is InChI=1S/C30H32N6O5.C28H27N5O5.C25H24N6O5/c1-16(2)28-33-22-7-5-17(13-24(22)41-28)20-15-32-26-25(20)29(40-19-9-11-39-12-10-19)36-30(35-26)34-21-8-6-18(27(37)31-3)14-23(21)38-4;1-15-31-21-7-6-16(10-23(21)37-15)20-13-30-26-25(20)28(38-19-8-9-36-14-19)33-24(32-26)12-17-4-5-18(27(34)29-2)11-22(17)35-3;1-13-28-18-6-4-14(10-20(18)36-13)16-12-27-22-21(16)24(35-9-8-32)31-25(30-22)29-17-7-5-15(23(33)26-2)11-19(17)34-3/h5-8,13-16,19H,9-12H2,1-4H3,(H,31,37)(H2,32,34,35,36);4-7,10-11,13,19H,8-9,12,14H2,1-3H3,(H,29,34)(H,30,32,33);4-7,10-12,32H,8-9H2,1-3H3,(H,26,33)(H2,27,29,30,31)/t;19-;/m.0./s1. The van der Waals surface area contributed by atoms with Crippen LogP contribution < -0.4 is 55.0 Å². The van der Waals surface area contributed by atoms with Gasteiger partial charge < -0.3 is 97.8 Å². The van der Waals surface area contributed by atoms with Crippen LogP contribution in [0.1, 0.15) is 99.2 Å². The van der Waals surface area contributed by atoms with Crippen LogP contribution in [0.15, 0.2) is 141 Å². The minimum Gasteiger partial charge on any atom is -0.496 e. The molecule has 2 saturated heterocycles. The summed E-state index contributed by atoms with van der Waals surface area (Å²) >= 11 is 0. The Labute approximate surface area is 656 Å². The van der Waals surface area contributed by atoms with Crippen LogP contribution in [0.3, 0.4) is 0 Å². The van der Waals surface area contributed by atoms with Crippen LogP contribution in [0, 0.1) is 13.8 Å². The van der Waals surface area contributed by atoms with Gasteiger partial charge in [-0.1, -0.05) is 38.1 Å². The number of nitrogens with one attached hydrogen (secondary N) is 8. The van der Waals surface area contributed by atoms with Crippen molar-refractivity contribution in [3.8, 4) is 68.3 Å². The summed E-state index contributed by atoms with van der Waals surface area (Å²) in [6.45, 7) is 10.1. The second kappa shape index (κ2) is 33.7. The zero-order valence-electron chi connectivity index (χ0n) is 64.6. The number of aryl methyl sites for hydroxylation is 2. The van der Waals surface area contributed by atoms with E-state index in [0.717, 1.165) is 91.1 Å². The molecule has 0 saturated carbocycles. The third-order valence-corrected chi connectivity index (χ3v) is 19.3. The molecule has 9 N–H and O–H groups in total. The lowest BCUT2D eigenvalue weighted by Crippen LogP contribution is -2.26. The first-order chi connectivity index (χ1) is 55.9. The fourth-order valence-corrected chi connectivity index (χ4v) is 13.6. The van der Waals surface area contributed by atoms with Gasteiger partial charge in [0.25, 0.3) is 17.7 Å². The molecule has 9 aromatic heterocycles. The van der Waals surface area contributed by atoms with Crippen LogP contribution in [0.5, 0.6) is 34.9 Å². The van der Waals surface area contributed by atoms with E-state index in [2.05, 4.69) is 80.3 Å². The quantitative estimate of drug-likeness (QED) is 0.0287. The van der Waals surface area contributed by atoms with Crippen molar-refractivity contribution in [2.75, 3.05) is 92.7 Å². The maximum Gasteiger partial charge on any atom is 0.251 e. The molecule has 17 rings (SSSR count). The van der Waals surface area contributed by atoms with E-state index in [1.807, 2.05) is 86.2 Å². The third kappa shape index (κ3) is 16.5. The smallest absolute Gasteiger partial charge is 0.251 e. The molecule has 0 spiro atoms. The molecule has 0 bridgehead atoms. The number of fused-ring (bicyclic) bond motifs is 6. The number of rotatable bonds is 23. The maximum absolute atomic E-state index is 12.1. The van der Waals surface area contributed by atoms with E-state index in [4.69, 9.17) is 71.1 Å². The zero-order valence-corrected chi connectivity index (χ0v) is 64.6. The fraction of sp³-hybridized carbons (Fsp3) is 0.277. The van der Waals surface area contributed by atoms with Gasteiger partial charge in [-0.05, 0) is 102 Å². The van der Waals surface area contributed by atoms with Crippen LogP contribution in [0.4, 0.5) is 23.3 Å². The molecule has 0 aliphatic carbocycles. The molecule has 2 fully saturated rings. The molecule has 1 atom stereocenters. The number of carbonyl (C=O) groups excluding carboxylic acids is 3. The van der Waals surface area contributed by atoms with Crippen LogP contribution in [0.25, 0.3) is 99.8 Å². The molecule has 3 amide bonds. The first-order valence-corrected chi connectivity index (χ1v) is 37.2. The third-order valence-electron chi connectivity index (χ3n) is 19.3. The number of anilines is 4. The molecule has 2 aliphatic heterocycles. The normalized spacial score (nSPS) is 13.5. The highest BCUT2D eigenvalue weighted by molar-refractivity contribution is 6.03. The van der Waals surface area contributed by atoms with Crippen molar-refractivity contribution in [3.63, 3.8) is 0 Å². The average Bonchev–Trinajstić information content (AvgIpc) is 1.64. The number of aliphatic hydroxyl groups is 1. The molecule has 32 nitrogen and oxygen atoms in total. The maximum atomic E-state index is 12.1. The lowest BCUT2D eigenvalue weighted by Gasteiger charge is -2.23. The van der Waals surface area contributed by atoms with Gasteiger partial charge in [-0.25, -0.2) is 19.9 Å². The molecule has 0 unspecified atom stereocenters. The van der Waals surface area contributed by atoms with Crippen molar-refractivity contribution in [3.05, 3.63) is 174 Å². The first-order valence-electron chi connectivity index (χ1n) is 37.2. The lowest BCUT2D eigenvalue weighted by atomic mass is 10.0. The van der Waals surface area contributed by atoms with Crippen LogP contribution in [0.2, 0.25) is 0 Å². The van der Waals surface area contributed by atoms with Crippen LogP contribution in [-0.2, 0) is 15.9 Å². The van der Waals surface area contributed by atoms with Crippen molar-refractivity contribution in [2.24, 2.45) is 0 Å². The number of aromatic amines is 3. The summed E-state index contributed by atoms with van der Waals surface area (Å²) in [7, 11) is 9.38. The zero-order chi connectivity index (χ0) is 80.0.